The predicted molar refractivity (Wildman–Crippen MR) is 153 cm³/mol. The van der Waals surface area contributed by atoms with E-state index in [1.54, 1.807) is 14.2 Å². The third-order valence-corrected chi connectivity index (χ3v) is 7.49. The van der Waals surface area contributed by atoms with Crippen LogP contribution in [0.4, 0.5) is 5.69 Å². The first-order chi connectivity index (χ1) is 18.9. The molecule has 0 saturated heterocycles. The molecule has 5 rings (SSSR count). The van der Waals surface area contributed by atoms with E-state index in [0.29, 0.717) is 30.3 Å². The summed E-state index contributed by atoms with van der Waals surface area (Å²) >= 11 is 0. The summed E-state index contributed by atoms with van der Waals surface area (Å²) in [6.07, 6.45) is 2.66. The number of carbonyl (C=O) groups is 1. The maximum Gasteiger partial charge on any atom is 0.231 e. The molecule has 7 nitrogen and oxygen atoms in total. The number of Topliss-reactive ketones (excluding diaryl/α,β-unsaturated/α-hetero) is 1. The van der Waals surface area contributed by atoms with Crippen molar-refractivity contribution in [2.24, 2.45) is 0 Å². The number of ether oxygens (including phenoxy) is 4. The molecule has 0 N–H and O–H groups in total. The number of hydrogen-bond acceptors (Lipinski definition) is 7. The first-order valence-corrected chi connectivity index (χ1v) is 13.5. The van der Waals surface area contributed by atoms with E-state index >= 15 is 0 Å². The van der Waals surface area contributed by atoms with Crippen LogP contribution >= 0.6 is 0 Å². The van der Waals surface area contributed by atoms with Crippen LogP contribution in [0.3, 0.4) is 0 Å². The molecule has 2 aliphatic rings. The van der Waals surface area contributed by atoms with Gasteiger partial charge in [-0.3, -0.25) is 9.69 Å². The van der Waals surface area contributed by atoms with Gasteiger partial charge >= 0.3 is 0 Å². The van der Waals surface area contributed by atoms with Gasteiger partial charge in [0.25, 0.3) is 0 Å². The fraction of sp³-hybridized carbons (Fsp3) is 0.344. The van der Waals surface area contributed by atoms with Crippen molar-refractivity contribution in [3.8, 4) is 23.0 Å². The van der Waals surface area contributed by atoms with Gasteiger partial charge in [-0.15, -0.1) is 0 Å². The van der Waals surface area contributed by atoms with Crippen LogP contribution < -0.4 is 23.8 Å². The van der Waals surface area contributed by atoms with Gasteiger partial charge in [0, 0.05) is 43.0 Å². The molecule has 0 unspecified atom stereocenters. The van der Waals surface area contributed by atoms with Crippen molar-refractivity contribution in [2.75, 3.05) is 45.5 Å². The van der Waals surface area contributed by atoms with Crippen LogP contribution in [-0.2, 0) is 13.0 Å². The van der Waals surface area contributed by atoms with E-state index in [1.165, 1.54) is 5.69 Å². The summed E-state index contributed by atoms with van der Waals surface area (Å²) in [6.45, 7) is 10.2. The smallest absolute Gasteiger partial charge is 0.231 e. The Morgan fingerprint density at radius 3 is 2.41 bits per heavy atom. The zero-order chi connectivity index (χ0) is 27.5. The average molecular weight is 529 g/mol. The second-order valence-corrected chi connectivity index (χ2v) is 9.84. The summed E-state index contributed by atoms with van der Waals surface area (Å²) in [5.74, 6) is 3.11. The third kappa shape index (κ3) is 5.32. The van der Waals surface area contributed by atoms with Gasteiger partial charge < -0.3 is 23.8 Å². The first-order valence-electron chi connectivity index (χ1n) is 13.5. The molecule has 0 aromatic heterocycles. The summed E-state index contributed by atoms with van der Waals surface area (Å²) in [6, 6.07) is 16.1. The summed E-state index contributed by atoms with van der Waals surface area (Å²) in [7, 11) is 3.28. The van der Waals surface area contributed by atoms with Gasteiger partial charge in [0.15, 0.2) is 17.3 Å². The second-order valence-electron chi connectivity index (χ2n) is 9.84. The van der Waals surface area contributed by atoms with Crippen LogP contribution in [0, 0.1) is 6.92 Å². The molecule has 204 valence electrons. The lowest BCUT2D eigenvalue weighted by Crippen LogP contribution is -2.34. The van der Waals surface area contributed by atoms with Gasteiger partial charge in [0.1, 0.15) is 18.2 Å². The summed E-state index contributed by atoms with van der Waals surface area (Å²) in [5.41, 5.74) is 5.74. The average Bonchev–Trinajstić information content (AvgIpc) is 3.28. The number of anilines is 1. The Bertz CT molecular complexity index is 1390. The topological polar surface area (TPSA) is 60.5 Å². The van der Waals surface area contributed by atoms with E-state index in [1.807, 2.05) is 43.3 Å². The Kier molecular flexibility index (Phi) is 7.79. The summed E-state index contributed by atoms with van der Waals surface area (Å²) < 4.78 is 23.1. The number of nitrogens with zero attached hydrogens (tertiary/aromatic N) is 2. The van der Waals surface area contributed by atoms with Crippen molar-refractivity contribution < 1.29 is 23.7 Å². The number of fused-ring (bicyclic) bond motifs is 2. The molecule has 0 atom stereocenters. The lowest BCUT2D eigenvalue weighted by atomic mass is 9.99. The first kappa shape index (κ1) is 26.6. The Labute approximate surface area is 230 Å². The van der Waals surface area contributed by atoms with E-state index in [2.05, 4.69) is 41.8 Å². The molecule has 0 fully saturated rings. The minimum absolute atomic E-state index is 0.0915. The lowest BCUT2D eigenvalue weighted by Gasteiger charge is -2.30. The molecule has 0 saturated carbocycles. The number of allylic oxidation sites excluding steroid dienone is 1. The Morgan fingerprint density at radius 1 is 0.974 bits per heavy atom. The van der Waals surface area contributed by atoms with Crippen LogP contribution in [0.2, 0.25) is 0 Å². The molecule has 0 aliphatic carbocycles. The van der Waals surface area contributed by atoms with Crippen molar-refractivity contribution in [3.63, 3.8) is 0 Å². The van der Waals surface area contributed by atoms with E-state index in [0.717, 1.165) is 65.6 Å². The lowest BCUT2D eigenvalue weighted by molar-refractivity contribution is 0.0953. The molecular weight excluding hydrogens is 492 g/mol. The van der Waals surface area contributed by atoms with Crippen LogP contribution in [0.25, 0.3) is 6.08 Å². The number of methoxy groups -OCH3 is 2. The highest BCUT2D eigenvalue weighted by atomic mass is 16.5. The van der Waals surface area contributed by atoms with Crippen LogP contribution in [-0.4, -0.2) is 51.3 Å². The third-order valence-electron chi connectivity index (χ3n) is 7.49. The van der Waals surface area contributed by atoms with E-state index in [-0.39, 0.29) is 5.78 Å². The monoisotopic (exact) mass is 528 g/mol. The molecule has 0 amide bonds. The zero-order valence-corrected chi connectivity index (χ0v) is 23.4. The van der Waals surface area contributed by atoms with Crippen molar-refractivity contribution in [3.05, 3.63) is 82.1 Å². The predicted octanol–water partition coefficient (Wildman–Crippen LogP) is 5.87. The van der Waals surface area contributed by atoms with E-state index in [9.17, 15) is 4.79 Å². The highest BCUT2D eigenvalue weighted by molar-refractivity contribution is 6.15. The minimum Gasteiger partial charge on any atom is -0.493 e. The zero-order valence-electron chi connectivity index (χ0n) is 23.4. The normalized spacial score (nSPS) is 15.4. The van der Waals surface area contributed by atoms with Crippen molar-refractivity contribution in [1.82, 2.24) is 4.90 Å². The maximum absolute atomic E-state index is 13.3. The largest absolute Gasteiger partial charge is 0.493 e. The number of ketones is 1. The Hall–Kier alpha value is -3.97. The molecule has 0 spiro atoms. The van der Waals surface area contributed by atoms with Crippen LogP contribution in [0.5, 0.6) is 23.0 Å². The highest BCUT2D eigenvalue weighted by Gasteiger charge is 2.33. The number of benzene rings is 3. The van der Waals surface area contributed by atoms with Crippen molar-refractivity contribution in [2.45, 2.75) is 33.7 Å². The SMILES string of the molecule is CCN(CC)c1ccc(/C=C2\Oc3c(cc4c(c3C)OCN(CCc3ccc(OC)c(OC)c3)C4)C2=O)cc1. The number of carbonyl (C=O) groups excluding carboxylic acids is 1. The molecule has 7 heteroatoms. The Balaban J connectivity index is 1.30. The van der Waals surface area contributed by atoms with Gasteiger partial charge in [-0.05, 0) is 74.7 Å². The molecule has 3 aromatic rings. The van der Waals surface area contributed by atoms with Gasteiger partial charge in [-0.25, -0.2) is 0 Å². The Morgan fingerprint density at radius 2 is 1.72 bits per heavy atom. The van der Waals surface area contributed by atoms with Gasteiger partial charge in [0.05, 0.1) is 19.8 Å². The molecule has 0 bridgehead atoms. The van der Waals surface area contributed by atoms with Gasteiger partial charge in [-0.1, -0.05) is 18.2 Å². The van der Waals surface area contributed by atoms with Crippen molar-refractivity contribution in [1.29, 1.82) is 0 Å². The molecular formula is C32H36N2O5. The molecule has 3 aromatic carbocycles. The van der Waals surface area contributed by atoms with Crippen molar-refractivity contribution >= 4 is 17.5 Å². The van der Waals surface area contributed by atoms with Crippen LogP contribution in [0.15, 0.2) is 54.3 Å². The van der Waals surface area contributed by atoms with Gasteiger partial charge in [-0.2, -0.15) is 0 Å². The summed E-state index contributed by atoms with van der Waals surface area (Å²) in [4.78, 5) is 17.9. The fourth-order valence-corrected chi connectivity index (χ4v) is 5.28. The molecule has 39 heavy (non-hydrogen) atoms. The summed E-state index contributed by atoms with van der Waals surface area (Å²) in [5, 5.41) is 0. The van der Waals surface area contributed by atoms with E-state index in [4.69, 9.17) is 18.9 Å². The second kappa shape index (κ2) is 11.4. The quantitative estimate of drug-likeness (QED) is 0.322. The number of rotatable bonds is 9. The molecule has 2 heterocycles. The van der Waals surface area contributed by atoms with Gasteiger partial charge in [0.2, 0.25) is 5.78 Å². The molecule has 2 aliphatic heterocycles. The molecule has 0 radical (unpaired) electrons. The standard InChI is InChI=1S/C32H36N2O5/c1-6-34(7-2)25-11-8-22(9-12-25)17-29-30(35)26-18-24-19-33(20-38-31(24)21(3)32(26)39-29)15-14-23-10-13-27(36-4)28(16-23)37-5/h8-13,16-18H,6-7,14-15,19-20H2,1-5H3/b29-17-. The fourth-order valence-electron chi connectivity index (χ4n) is 5.28. The minimum atomic E-state index is -0.0915. The van der Waals surface area contributed by atoms with E-state index < -0.39 is 0 Å². The van der Waals surface area contributed by atoms with Crippen LogP contribution in [0.1, 0.15) is 46.5 Å². The number of hydrogen-bond donors (Lipinski definition) is 0. The highest BCUT2D eigenvalue weighted by Crippen LogP contribution is 2.43. The maximum atomic E-state index is 13.3.